The van der Waals surface area contributed by atoms with E-state index in [1.807, 2.05) is 0 Å². The Morgan fingerprint density at radius 2 is 2.11 bits per heavy atom. The number of furan rings is 1. The molecule has 2 N–H and O–H groups in total. The van der Waals surface area contributed by atoms with Crippen LogP contribution in [0.1, 0.15) is 36.1 Å². The molecule has 0 aromatic carbocycles. The first-order chi connectivity index (χ1) is 9.06. The molecule has 1 aromatic heterocycles. The van der Waals surface area contributed by atoms with Gasteiger partial charge in [-0.1, -0.05) is 0 Å². The van der Waals surface area contributed by atoms with Gasteiger partial charge in [-0.3, -0.25) is 14.5 Å². The second-order valence-electron chi connectivity index (χ2n) is 4.78. The fraction of sp³-hybridized carbons (Fsp3) is 0.538. The number of nitrogens with one attached hydrogen (secondary N) is 1. The smallest absolute Gasteiger partial charge is 0.325 e. The van der Waals surface area contributed by atoms with E-state index < -0.39 is 17.9 Å². The Morgan fingerprint density at radius 3 is 2.74 bits per heavy atom. The molecule has 6 heteroatoms. The summed E-state index contributed by atoms with van der Waals surface area (Å²) in [6.45, 7) is 4.21. The van der Waals surface area contributed by atoms with E-state index in [9.17, 15) is 9.59 Å². The molecule has 0 radical (unpaired) electrons. The molecular formula is C13H18N2O4. The number of carboxylic acids is 1. The molecule has 6 nitrogen and oxygen atoms in total. The monoisotopic (exact) mass is 266 g/mol. The third-order valence-corrected chi connectivity index (χ3v) is 3.18. The van der Waals surface area contributed by atoms with E-state index in [0.29, 0.717) is 6.54 Å². The zero-order valence-electron chi connectivity index (χ0n) is 10.9. The van der Waals surface area contributed by atoms with Gasteiger partial charge in [0, 0.05) is 0 Å². The van der Waals surface area contributed by atoms with Crippen molar-refractivity contribution in [3.63, 3.8) is 0 Å². The van der Waals surface area contributed by atoms with Crippen LogP contribution in [0, 0.1) is 0 Å². The summed E-state index contributed by atoms with van der Waals surface area (Å²) in [6.07, 6.45) is 2.40. The lowest BCUT2D eigenvalue weighted by Gasteiger charge is -2.11. The third-order valence-electron chi connectivity index (χ3n) is 3.18. The van der Waals surface area contributed by atoms with Crippen molar-refractivity contribution in [1.82, 2.24) is 10.2 Å². The van der Waals surface area contributed by atoms with Gasteiger partial charge in [0.05, 0.1) is 6.54 Å². The fourth-order valence-corrected chi connectivity index (χ4v) is 2.08. The first-order valence-corrected chi connectivity index (χ1v) is 6.41. The van der Waals surface area contributed by atoms with Crippen LogP contribution in [0.3, 0.4) is 0 Å². The number of rotatable bonds is 5. The number of carbonyl (C=O) groups excluding carboxylic acids is 1. The molecule has 1 amide bonds. The summed E-state index contributed by atoms with van der Waals surface area (Å²) in [5.41, 5.74) is 0. The van der Waals surface area contributed by atoms with Crippen LogP contribution in [-0.4, -0.2) is 41.0 Å². The van der Waals surface area contributed by atoms with Crippen molar-refractivity contribution in [2.24, 2.45) is 0 Å². The van der Waals surface area contributed by atoms with Gasteiger partial charge in [-0.15, -0.1) is 0 Å². The summed E-state index contributed by atoms with van der Waals surface area (Å²) in [5, 5.41) is 11.1. The highest BCUT2D eigenvalue weighted by molar-refractivity contribution is 5.94. The van der Waals surface area contributed by atoms with E-state index in [4.69, 9.17) is 9.52 Å². The molecule has 0 aliphatic carbocycles. The Kier molecular flexibility index (Phi) is 4.21. The van der Waals surface area contributed by atoms with Crippen molar-refractivity contribution in [3.05, 3.63) is 23.7 Å². The maximum Gasteiger partial charge on any atom is 0.325 e. The lowest BCUT2D eigenvalue weighted by atomic mass is 10.3. The fourth-order valence-electron chi connectivity index (χ4n) is 2.08. The number of likely N-dealkylation sites (tertiary alicyclic amines) is 1. The minimum atomic E-state index is -1.07. The van der Waals surface area contributed by atoms with E-state index in [2.05, 4.69) is 10.2 Å². The Balaban J connectivity index is 1.92. The van der Waals surface area contributed by atoms with Gasteiger partial charge in [-0.25, -0.2) is 0 Å². The Hall–Kier alpha value is -1.82. The Morgan fingerprint density at radius 1 is 1.42 bits per heavy atom. The van der Waals surface area contributed by atoms with Crippen LogP contribution in [0.4, 0.5) is 0 Å². The summed E-state index contributed by atoms with van der Waals surface area (Å²) in [5.74, 6) is -0.683. The number of carbonyl (C=O) groups is 2. The molecule has 1 saturated heterocycles. The summed E-state index contributed by atoms with van der Waals surface area (Å²) < 4.78 is 5.44. The highest BCUT2D eigenvalue weighted by Gasteiger charge is 2.19. The highest BCUT2D eigenvalue weighted by Crippen LogP contribution is 2.15. The van der Waals surface area contributed by atoms with Crippen LogP contribution >= 0.6 is 0 Å². The number of hydrogen-bond donors (Lipinski definition) is 2. The minimum absolute atomic E-state index is 0.155. The summed E-state index contributed by atoms with van der Waals surface area (Å²) >= 11 is 0. The molecular weight excluding hydrogens is 248 g/mol. The Bertz CT molecular complexity index is 463. The van der Waals surface area contributed by atoms with Gasteiger partial charge in [-0.2, -0.15) is 0 Å². The van der Waals surface area contributed by atoms with Gasteiger partial charge in [0.1, 0.15) is 11.8 Å². The van der Waals surface area contributed by atoms with Gasteiger partial charge in [-0.05, 0) is 45.0 Å². The quantitative estimate of drug-likeness (QED) is 0.833. The molecule has 0 bridgehead atoms. The summed E-state index contributed by atoms with van der Waals surface area (Å²) in [4.78, 5) is 24.6. The summed E-state index contributed by atoms with van der Waals surface area (Å²) in [6, 6.07) is 2.41. The average molecular weight is 266 g/mol. The van der Waals surface area contributed by atoms with Crippen molar-refractivity contribution < 1.29 is 19.1 Å². The number of hydrogen-bond acceptors (Lipinski definition) is 4. The molecule has 0 saturated carbocycles. The standard InChI is InChI=1S/C13H18N2O4/c1-9(13(17)18)14-12(16)11-5-4-10(19-11)8-15-6-2-3-7-15/h4-5,9H,2-3,6-8H2,1H3,(H,14,16)(H,17,18). The average Bonchev–Trinajstić information content (AvgIpc) is 3.00. The van der Waals surface area contributed by atoms with Crippen LogP contribution in [0.25, 0.3) is 0 Å². The molecule has 2 rings (SSSR count). The normalized spacial score (nSPS) is 17.3. The van der Waals surface area contributed by atoms with Gasteiger partial charge in [0.25, 0.3) is 5.91 Å². The molecule has 1 aromatic rings. The van der Waals surface area contributed by atoms with Gasteiger partial charge >= 0.3 is 5.97 Å². The lowest BCUT2D eigenvalue weighted by Crippen LogP contribution is -2.38. The van der Waals surface area contributed by atoms with Crippen molar-refractivity contribution in [1.29, 1.82) is 0 Å². The van der Waals surface area contributed by atoms with E-state index in [1.54, 1.807) is 12.1 Å². The first-order valence-electron chi connectivity index (χ1n) is 6.41. The molecule has 1 atom stereocenters. The zero-order chi connectivity index (χ0) is 13.8. The molecule has 1 aliphatic rings. The number of nitrogens with zero attached hydrogens (tertiary/aromatic N) is 1. The van der Waals surface area contributed by atoms with Crippen molar-refractivity contribution in [2.75, 3.05) is 13.1 Å². The number of aliphatic carboxylic acids is 1. The van der Waals surface area contributed by atoms with E-state index in [0.717, 1.165) is 18.8 Å². The predicted molar refractivity (Wildman–Crippen MR) is 67.8 cm³/mol. The molecule has 19 heavy (non-hydrogen) atoms. The number of amides is 1. The summed E-state index contributed by atoms with van der Waals surface area (Å²) in [7, 11) is 0. The predicted octanol–water partition coefficient (Wildman–Crippen LogP) is 1.08. The van der Waals surface area contributed by atoms with Crippen molar-refractivity contribution in [2.45, 2.75) is 32.4 Å². The first kappa shape index (κ1) is 13.6. The Labute approximate surface area is 111 Å². The van der Waals surface area contributed by atoms with Crippen LogP contribution in [0.5, 0.6) is 0 Å². The maximum absolute atomic E-state index is 11.7. The number of carboxylic acid groups (broad SMARTS) is 1. The largest absolute Gasteiger partial charge is 0.480 e. The highest BCUT2D eigenvalue weighted by atomic mass is 16.4. The SMILES string of the molecule is CC(NC(=O)c1ccc(CN2CCCC2)o1)C(=O)O. The van der Waals surface area contributed by atoms with E-state index in [1.165, 1.54) is 19.8 Å². The van der Waals surface area contributed by atoms with Gasteiger partial charge < -0.3 is 14.8 Å². The van der Waals surface area contributed by atoms with Gasteiger partial charge in [0.15, 0.2) is 5.76 Å². The molecule has 2 heterocycles. The van der Waals surface area contributed by atoms with Crippen LogP contribution in [0.15, 0.2) is 16.5 Å². The maximum atomic E-state index is 11.7. The van der Waals surface area contributed by atoms with Crippen LogP contribution in [-0.2, 0) is 11.3 Å². The molecule has 0 spiro atoms. The van der Waals surface area contributed by atoms with Gasteiger partial charge in [0.2, 0.25) is 0 Å². The molecule has 1 fully saturated rings. The molecule has 1 aliphatic heterocycles. The van der Waals surface area contributed by atoms with Crippen LogP contribution in [0.2, 0.25) is 0 Å². The van der Waals surface area contributed by atoms with Crippen LogP contribution < -0.4 is 5.32 Å². The lowest BCUT2D eigenvalue weighted by molar-refractivity contribution is -0.138. The van der Waals surface area contributed by atoms with E-state index >= 15 is 0 Å². The second-order valence-corrected chi connectivity index (χ2v) is 4.78. The second kappa shape index (κ2) is 5.88. The molecule has 104 valence electrons. The van der Waals surface area contributed by atoms with Crippen molar-refractivity contribution >= 4 is 11.9 Å². The minimum Gasteiger partial charge on any atom is -0.480 e. The molecule has 1 unspecified atom stereocenters. The van der Waals surface area contributed by atoms with E-state index in [-0.39, 0.29) is 5.76 Å². The van der Waals surface area contributed by atoms with Crippen molar-refractivity contribution in [3.8, 4) is 0 Å². The third kappa shape index (κ3) is 3.57. The topological polar surface area (TPSA) is 82.8 Å². The zero-order valence-corrected chi connectivity index (χ0v) is 10.9.